The number of halogens is 1. The fraction of sp³-hybridized carbons (Fsp3) is 0.133. The summed E-state index contributed by atoms with van der Waals surface area (Å²) >= 11 is 6.68. The van der Waals surface area contributed by atoms with Crippen molar-refractivity contribution >= 4 is 44.8 Å². The highest BCUT2D eigenvalue weighted by atomic mass is 35.5. The van der Waals surface area contributed by atoms with E-state index in [1.54, 1.807) is 18.2 Å². The van der Waals surface area contributed by atoms with Gasteiger partial charge in [0.15, 0.2) is 0 Å². The summed E-state index contributed by atoms with van der Waals surface area (Å²) in [6, 6.07) is 8.17. The molecule has 2 aromatic rings. The first-order valence-electron chi connectivity index (χ1n) is 6.94. The number of thiocyanates is 1. The molecule has 0 aliphatic carbocycles. The van der Waals surface area contributed by atoms with Crippen LogP contribution in [0.2, 0.25) is 5.02 Å². The second kappa shape index (κ2) is 7.74. The zero-order valence-electron chi connectivity index (χ0n) is 12.9. The molecule has 0 saturated heterocycles. The van der Waals surface area contributed by atoms with Crippen LogP contribution >= 0.6 is 23.4 Å². The minimum absolute atomic E-state index is 0.143. The SMILES string of the molecule is CCc1cc(SC#N)ccc1NS(=O)(=O)c1ccc(Cl)c([N+](=O)[O-])c1. The second-order valence-electron chi connectivity index (χ2n) is 4.84. The largest absolute Gasteiger partial charge is 0.289 e. The summed E-state index contributed by atoms with van der Waals surface area (Å²) in [6.45, 7) is 1.85. The van der Waals surface area contributed by atoms with Crippen molar-refractivity contribution in [3.8, 4) is 5.40 Å². The van der Waals surface area contributed by atoms with E-state index in [1.165, 1.54) is 12.1 Å². The Hall–Kier alpha value is -2.28. The van der Waals surface area contributed by atoms with E-state index in [-0.39, 0.29) is 9.92 Å². The van der Waals surface area contributed by atoms with Crippen LogP contribution in [-0.2, 0) is 16.4 Å². The average molecular weight is 398 g/mol. The third-order valence-corrected chi connectivity index (χ3v) is 5.55. The first-order chi connectivity index (χ1) is 11.8. The minimum atomic E-state index is -4.03. The third-order valence-electron chi connectivity index (χ3n) is 3.29. The van der Waals surface area contributed by atoms with Crippen molar-refractivity contribution in [2.24, 2.45) is 0 Å². The van der Waals surface area contributed by atoms with Crippen molar-refractivity contribution in [3.63, 3.8) is 0 Å². The summed E-state index contributed by atoms with van der Waals surface area (Å²) in [5, 5.41) is 21.5. The number of sulfonamides is 1. The van der Waals surface area contributed by atoms with Gasteiger partial charge in [0.05, 0.1) is 15.5 Å². The van der Waals surface area contributed by atoms with Crippen molar-refractivity contribution in [1.82, 2.24) is 0 Å². The van der Waals surface area contributed by atoms with Crippen LogP contribution in [0.1, 0.15) is 12.5 Å². The molecule has 0 aliphatic heterocycles. The fourth-order valence-corrected chi connectivity index (χ4v) is 3.83. The van der Waals surface area contributed by atoms with Gasteiger partial charge in [0, 0.05) is 11.0 Å². The minimum Gasteiger partial charge on any atom is -0.279 e. The first kappa shape index (κ1) is 19.1. The van der Waals surface area contributed by atoms with E-state index in [4.69, 9.17) is 16.9 Å². The normalized spacial score (nSPS) is 10.9. The van der Waals surface area contributed by atoms with Gasteiger partial charge in [-0.1, -0.05) is 18.5 Å². The molecular weight excluding hydrogens is 386 g/mol. The molecule has 1 N–H and O–H groups in total. The number of nitro groups is 1. The van der Waals surface area contributed by atoms with Gasteiger partial charge in [-0.15, -0.1) is 0 Å². The predicted molar refractivity (Wildman–Crippen MR) is 96.2 cm³/mol. The zero-order valence-corrected chi connectivity index (χ0v) is 15.3. The molecule has 25 heavy (non-hydrogen) atoms. The van der Waals surface area contributed by atoms with Gasteiger partial charge in [-0.05, 0) is 54.1 Å². The molecule has 0 heterocycles. The van der Waals surface area contributed by atoms with Gasteiger partial charge >= 0.3 is 0 Å². The molecule has 2 rings (SSSR count). The number of nitrogens with one attached hydrogen (secondary N) is 1. The molecule has 0 aliphatic rings. The van der Waals surface area contributed by atoms with Crippen molar-refractivity contribution in [2.45, 2.75) is 23.1 Å². The number of benzene rings is 2. The maximum absolute atomic E-state index is 12.5. The lowest BCUT2D eigenvalue weighted by molar-refractivity contribution is -0.384. The van der Waals surface area contributed by atoms with Crippen LogP contribution in [0.25, 0.3) is 0 Å². The molecule has 0 unspecified atom stereocenters. The summed E-state index contributed by atoms with van der Waals surface area (Å²) < 4.78 is 27.5. The van der Waals surface area contributed by atoms with E-state index < -0.39 is 20.6 Å². The highest BCUT2D eigenvalue weighted by Gasteiger charge is 2.21. The molecule has 10 heteroatoms. The number of rotatable bonds is 6. The van der Waals surface area contributed by atoms with E-state index >= 15 is 0 Å². The Morgan fingerprint density at radius 1 is 1.32 bits per heavy atom. The van der Waals surface area contributed by atoms with Crippen molar-refractivity contribution in [1.29, 1.82) is 5.26 Å². The van der Waals surface area contributed by atoms with Crippen LogP contribution in [0.15, 0.2) is 46.2 Å². The van der Waals surface area contributed by atoms with Crippen molar-refractivity contribution in [2.75, 3.05) is 4.72 Å². The number of nitrogens with zero attached hydrogens (tertiary/aromatic N) is 2. The lowest BCUT2D eigenvalue weighted by atomic mass is 10.1. The average Bonchev–Trinajstić information content (AvgIpc) is 2.56. The zero-order chi connectivity index (χ0) is 18.6. The van der Waals surface area contributed by atoms with Gasteiger partial charge in [-0.2, -0.15) is 5.26 Å². The van der Waals surface area contributed by atoms with Crippen molar-refractivity contribution in [3.05, 3.63) is 57.1 Å². The number of nitro benzene ring substituents is 1. The Morgan fingerprint density at radius 2 is 2.04 bits per heavy atom. The summed E-state index contributed by atoms with van der Waals surface area (Å²) in [5.74, 6) is 0. The molecule has 0 radical (unpaired) electrons. The molecule has 0 bridgehead atoms. The number of thioether (sulfide) groups is 1. The van der Waals surface area contributed by atoms with Gasteiger partial charge in [-0.25, -0.2) is 8.42 Å². The van der Waals surface area contributed by atoms with E-state index in [1.807, 2.05) is 12.3 Å². The maximum atomic E-state index is 12.5. The van der Waals surface area contributed by atoms with E-state index in [0.717, 1.165) is 17.8 Å². The van der Waals surface area contributed by atoms with Crippen LogP contribution in [0.4, 0.5) is 11.4 Å². The monoisotopic (exact) mass is 397 g/mol. The molecule has 0 saturated carbocycles. The number of anilines is 1. The number of hydrogen-bond donors (Lipinski definition) is 1. The van der Waals surface area contributed by atoms with Crippen LogP contribution in [-0.4, -0.2) is 13.3 Å². The van der Waals surface area contributed by atoms with Crippen LogP contribution in [0.5, 0.6) is 0 Å². The summed E-state index contributed by atoms with van der Waals surface area (Å²) in [5.41, 5.74) is 0.565. The molecule has 0 spiro atoms. The molecule has 2 aromatic carbocycles. The number of nitriles is 1. The molecule has 7 nitrogen and oxygen atoms in total. The fourth-order valence-electron chi connectivity index (χ4n) is 2.08. The Kier molecular flexibility index (Phi) is 5.89. The van der Waals surface area contributed by atoms with E-state index in [9.17, 15) is 18.5 Å². The van der Waals surface area contributed by atoms with Gasteiger partial charge in [0.25, 0.3) is 15.7 Å². The highest BCUT2D eigenvalue weighted by molar-refractivity contribution is 8.03. The Bertz CT molecular complexity index is 971. The standard InChI is InChI=1S/C15H12ClN3O4S2/c1-2-10-7-11(24-9-17)3-6-14(10)18-25(22,23)12-4-5-13(16)15(8-12)19(20)21/h3-8,18H,2H2,1H3. The highest BCUT2D eigenvalue weighted by Crippen LogP contribution is 2.30. The van der Waals surface area contributed by atoms with Crippen molar-refractivity contribution < 1.29 is 13.3 Å². The number of aryl methyl sites for hydroxylation is 1. The summed E-state index contributed by atoms with van der Waals surface area (Å²) in [7, 11) is -4.03. The topological polar surface area (TPSA) is 113 Å². The molecule has 0 amide bonds. The maximum Gasteiger partial charge on any atom is 0.289 e. The van der Waals surface area contributed by atoms with Crippen LogP contribution in [0.3, 0.4) is 0 Å². The quantitative estimate of drug-likeness (QED) is 0.338. The molecule has 0 fully saturated rings. The molecule has 0 atom stereocenters. The third kappa shape index (κ3) is 4.42. The smallest absolute Gasteiger partial charge is 0.279 e. The lowest BCUT2D eigenvalue weighted by Gasteiger charge is -2.12. The number of hydrogen-bond acceptors (Lipinski definition) is 6. The summed E-state index contributed by atoms with van der Waals surface area (Å²) in [4.78, 5) is 10.6. The summed E-state index contributed by atoms with van der Waals surface area (Å²) in [6.07, 6.45) is 0.540. The second-order valence-corrected chi connectivity index (χ2v) is 7.79. The van der Waals surface area contributed by atoms with Gasteiger partial charge in [0.1, 0.15) is 10.4 Å². The lowest BCUT2D eigenvalue weighted by Crippen LogP contribution is -2.14. The predicted octanol–water partition coefficient (Wildman–Crippen LogP) is 4.18. The molecule has 0 aromatic heterocycles. The van der Waals surface area contributed by atoms with E-state index in [2.05, 4.69) is 4.72 Å². The van der Waals surface area contributed by atoms with Crippen LogP contribution < -0.4 is 4.72 Å². The van der Waals surface area contributed by atoms with E-state index in [0.29, 0.717) is 22.6 Å². The van der Waals surface area contributed by atoms with Crippen LogP contribution in [0, 0.1) is 20.8 Å². The Labute approximate surface area is 153 Å². The van der Waals surface area contributed by atoms with Gasteiger partial charge in [0.2, 0.25) is 0 Å². The Morgan fingerprint density at radius 3 is 2.64 bits per heavy atom. The Balaban J connectivity index is 2.41. The first-order valence-corrected chi connectivity index (χ1v) is 9.62. The molecule has 130 valence electrons. The van der Waals surface area contributed by atoms with Gasteiger partial charge < -0.3 is 0 Å². The molecular formula is C15H12ClN3O4S2. The van der Waals surface area contributed by atoms with Gasteiger partial charge in [-0.3, -0.25) is 14.8 Å².